The van der Waals surface area contributed by atoms with Crippen LogP contribution in [0.4, 0.5) is 0 Å². The maximum Gasteiger partial charge on any atom is 0.123 e. The number of para-hydroxylation sites is 1. The number of nitrogens with zero attached hydrogens (tertiary/aromatic N) is 1. The van der Waals surface area contributed by atoms with Crippen LogP contribution in [-0.4, -0.2) is 37.7 Å². The van der Waals surface area contributed by atoms with E-state index in [0.29, 0.717) is 18.1 Å². The summed E-state index contributed by atoms with van der Waals surface area (Å²) >= 11 is 0. The zero-order chi connectivity index (χ0) is 13.8. The van der Waals surface area contributed by atoms with Gasteiger partial charge in [0, 0.05) is 23.7 Å². The molecule has 1 heterocycles. The van der Waals surface area contributed by atoms with Crippen LogP contribution in [0.2, 0.25) is 0 Å². The first-order valence-corrected chi connectivity index (χ1v) is 7.21. The molecule has 0 saturated carbocycles. The topological polar surface area (TPSA) is 24.5 Å². The van der Waals surface area contributed by atoms with Crippen LogP contribution in [0.3, 0.4) is 0 Å². The average Bonchev–Trinajstić information content (AvgIpc) is 2.43. The normalized spacial score (nSPS) is 26.1. The largest absolute Gasteiger partial charge is 0.496 e. The third-order valence-corrected chi connectivity index (χ3v) is 4.30. The number of hydrogen-bond acceptors (Lipinski definition) is 3. The Morgan fingerprint density at radius 2 is 2.11 bits per heavy atom. The highest BCUT2D eigenvalue weighted by Crippen LogP contribution is 2.26. The lowest BCUT2D eigenvalue weighted by Gasteiger charge is -2.37. The number of rotatable bonds is 4. The van der Waals surface area contributed by atoms with E-state index in [1.54, 1.807) is 7.11 Å². The molecule has 0 aliphatic carbocycles. The van der Waals surface area contributed by atoms with Crippen molar-refractivity contribution >= 4 is 0 Å². The Labute approximate surface area is 116 Å². The molecule has 3 nitrogen and oxygen atoms in total. The Bertz CT molecular complexity index is 407. The highest BCUT2D eigenvalue weighted by molar-refractivity contribution is 5.35. The summed E-state index contributed by atoms with van der Waals surface area (Å²) in [6.07, 6.45) is 2.44. The van der Waals surface area contributed by atoms with Crippen LogP contribution in [0.25, 0.3) is 0 Å². The van der Waals surface area contributed by atoms with Crippen molar-refractivity contribution in [2.45, 2.75) is 44.8 Å². The smallest absolute Gasteiger partial charge is 0.123 e. The van der Waals surface area contributed by atoms with E-state index < -0.39 is 0 Å². The molecule has 2 rings (SSSR count). The lowest BCUT2D eigenvalue weighted by molar-refractivity contribution is 0.163. The number of nitrogens with one attached hydrogen (secondary N) is 1. The lowest BCUT2D eigenvalue weighted by atomic mass is 9.97. The van der Waals surface area contributed by atoms with Gasteiger partial charge >= 0.3 is 0 Å². The van der Waals surface area contributed by atoms with E-state index >= 15 is 0 Å². The van der Waals surface area contributed by atoms with Crippen LogP contribution in [-0.2, 0) is 0 Å². The van der Waals surface area contributed by atoms with E-state index in [1.165, 1.54) is 24.9 Å². The Morgan fingerprint density at radius 1 is 1.37 bits per heavy atom. The van der Waals surface area contributed by atoms with Gasteiger partial charge in [-0.05, 0) is 46.3 Å². The molecular formula is C16H26N2O. The van der Waals surface area contributed by atoms with Crippen LogP contribution in [0.1, 0.15) is 38.3 Å². The maximum atomic E-state index is 5.45. The fourth-order valence-corrected chi connectivity index (χ4v) is 2.91. The summed E-state index contributed by atoms with van der Waals surface area (Å²) in [5, 5.41) is 3.75. The minimum absolute atomic E-state index is 0.330. The first-order valence-electron chi connectivity index (χ1n) is 7.21. The van der Waals surface area contributed by atoms with Crippen molar-refractivity contribution in [3.8, 4) is 5.75 Å². The second-order valence-corrected chi connectivity index (χ2v) is 5.68. The molecule has 1 saturated heterocycles. The van der Waals surface area contributed by atoms with Crippen LogP contribution in [0, 0.1) is 0 Å². The van der Waals surface area contributed by atoms with E-state index in [2.05, 4.69) is 43.2 Å². The van der Waals surface area contributed by atoms with Crippen LogP contribution >= 0.6 is 0 Å². The summed E-state index contributed by atoms with van der Waals surface area (Å²) in [7, 11) is 3.95. The second-order valence-electron chi connectivity index (χ2n) is 5.68. The molecule has 0 radical (unpaired) electrons. The predicted octanol–water partition coefficient (Wildman–Crippen LogP) is 2.83. The summed E-state index contributed by atoms with van der Waals surface area (Å²) in [6.45, 7) is 5.71. The second kappa shape index (κ2) is 6.40. The maximum absolute atomic E-state index is 5.45. The molecule has 0 aromatic heterocycles. The third-order valence-electron chi connectivity index (χ3n) is 4.30. The molecular weight excluding hydrogens is 236 g/mol. The van der Waals surface area contributed by atoms with Gasteiger partial charge in [0.05, 0.1) is 7.11 Å². The molecule has 1 aromatic carbocycles. The minimum Gasteiger partial charge on any atom is -0.496 e. The molecule has 0 spiro atoms. The zero-order valence-electron chi connectivity index (χ0n) is 12.5. The standard InChI is InChI=1S/C16H26N2O/c1-12-11-14(9-10-18(12)3)17-13(2)15-7-5-6-8-16(15)19-4/h5-8,12-14,17H,9-11H2,1-4H3/t12?,13-,14?/m1/s1. The molecule has 1 N–H and O–H groups in total. The van der Waals surface area contributed by atoms with E-state index in [4.69, 9.17) is 4.74 Å². The number of likely N-dealkylation sites (tertiary alicyclic amines) is 1. The fourth-order valence-electron chi connectivity index (χ4n) is 2.91. The van der Waals surface area contributed by atoms with Crippen LogP contribution < -0.4 is 10.1 Å². The first kappa shape index (κ1) is 14.4. The summed E-state index contributed by atoms with van der Waals surface area (Å²) in [5.41, 5.74) is 1.25. The van der Waals surface area contributed by atoms with Crippen molar-refractivity contribution < 1.29 is 4.74 Å². The van der Waals surface area contributed by atoms with Crippen molar-refractivity contribution in [3.63, 3.8) is 0 Å². The quantitative estimate of drug-likeness (QED) is 0.903. The summed E-state index contributed by atoms with van der Waals surface area (Å²) in [6, 6.07) is 9.87. The van der Waals surface area contributed by atoms with Crippen molar-refractivity contribution in [1.29, 1.82) is 0 Å². The van der Waals surface area contributed by atoms with Crippen LogP contribution in [0.15, 0.2) is 24.3 Å². The third kappa shape index (κ3) is 3.48. The molecule has 1 aliphatic heterocycles. The molecule has 1 aliphatic rings. The van der Waals surface area contributed by atoms with Gasteiger partial charge in [-0.1, -0.05) is 18.2 Å². The molecule has 0 amide bonds. The SMILES string of the molecule is COc1ccccc1[C@@H](C)NC1CCN(C)C(C)C1. The van der Waals surface area contributed by atoms with Gasteiger partial charge in [0.1, 0.15) is 5.75 Å². The van der Waals surface area contributed by atoms with Gasteiger partial charge < -0.3 is 15.0 Å². The predicted molar refractivity (Wildman–Crippen MR) is 79.7 cm³/mol. The van der Waals surface area contributed by atoms with Crippen LogP contribution in [0.5, 0.6) is 5.75 Å². The van der Waals surface area contributed by atoms with Gasteiger partial charge in [-0.3, -0.25) is 0 Å². The molecule has 19 heavy (non-hydrogen) atoms. The minimum atomic E-state index is 0.330. The van der Waals surface area contributed by atoms with E-state index in [9.17, 15) is 0 Å². The van der Waals surface area contributed by atoms with Gasteiger partial charge in [0.25, 0.3) is 0 Å². The summed E-state index contributed by atoms with van der Waals surface area (Å²) in [5.74, 6) is 0.975. The highest BCUT2D eigenvalue weighted by Gasteiger charge is 2.24. The van der Waals surface area contributed by atoms with E-state index in [1.807, 2.05) is 12.1 Å². The number of methoxy groups -OCH3 is 1. The molecule has 3 heteroatoms. The first-order chi connectivity index (χ1) is 9.11. The Balaban J connectivity index is 1.99. The van der Waals surface area contributed by atoms with Crippen molar-refractivity contribution in [2.75, 3.05) is 20.7 Å². The Hall–Kier alpha value is -1.06. The number of hydrogen-bond donors (Lipinski definition) is 1. The Morgan fingerprint density at radius 3 is 2.79 bits per heavy atom. The molecule has 2 unspecified atom stereocenters. The average molecular weight is 262 g/mol. The zero-order valence-corrected chi connectivity index (χ0v) is 12.5. The van der Waals surface area contributed by atoms with Gasteiger partial charge in [0.15, 0.2) is 0 Å². The number of piperidine rings is 1. The molecule has 1 aromatic rings. The Kier molecular flexibility index (Phi) is 4.83. The molecule has 3 atom stereocenters. The molecule has 1 fully saturated rings. The van der Waals surface area contributed by atoms with Gasteiger partial charge in [-0.15, -0.1) is 0 Å². The van der Waals surface area contributed by atoms with Gasteiger partial charge in [-0.2, -0.15) is 0 Å². The van der Waals surface area contributed by atoms with E-state index in [-0.39, 0.29) is 0 Å². The van der Waals surface area contributed by atoms with Crippen molar-refractivity contribution in [3.05, 3.63) is 29.8 Å². The summed E-state index contributed by atoms with van der Waals surface area (Å²) in [4.78, 5) is 2.44. The number of ether oxygens (including phenoxy) is 1. The highest BCUT2D eigenvalue weighted by atomic mass is 16.5. The van der Waals surface area contributed by atoms with Gasteiger partial charge in [0.2, 0.25) is 0 Å². The molecule has 106 valence electrons. The van der Waals surface area contributed by atoms with Gasteiger partial charge in [-0.25, -0.2) is 0 Å². The lowest BCUT2D eigenvalue weighted by Crippen LogP contribution is -2.46. The summed E-state index contributed by atoms with van der Waals surface area (Å²) < 4.78 is 5.45. The van der Waals surface area contributed by atoms with Crippen molar-refractivity contribution in [2.24, 2.45) is 0 Å². The molecule has 0 bridgehead atoms. The fraction of sp³-hybridized carbons (Fsp3) is 0.625. The van der Waals surface area contributed by atoms with Crippen molar-refractivity contribution in [1.82, 2.24) is 10.2 Å². The van der Waals surface area contributed by atoms with E-state index in [0.717, 1.165) is 5.75 Å². The number of benzene rings is 1. The monoisotopic (exact) mass is 262 g/mol.